The molecule has 26 heavy (non-hydrogen) atoms. The summed E-state index contributed by atoms with van der Waals surface area (Å²) in [6, 6.07) is -0.749. The summed E-state index contributed by atoms with van der Waals surface area (Å²) in [5.41, 5.74) is 0. The molecule has 0 saturated carbocycles. The van der Waals surface area contributed by atoms with E-state index in [0.29, 0.717) is 0 Å². The predicted molar refractivity (Wildman–Crippen MR) is 85.6 cm³/mol. The lowest BCUT2D eigenvalue weighted by Crippen LogP contribution is -2.65. The molecule has 0 bridgehead atoms. The molecule has 0 amide bonds. The number of rotatable bonds is 6. The van der Waals surface area contributed by atoms with Crippen LogP contribution in [0, 0.1) is 0 Å². The second-order valence-corrected chi connectivity index (χ2v) is 6.06. The number of likely N-dealkylation sites (N-methyl/N-ethyl adjacent to an activating group) is 1. The minimum atomic E-state index is -1.13. The number of nitrogens with zero attached hydrogens (tertiary/aromatic N) is 1. The Kier molecular flexibility index (Phi) is 7.97. The number of hydrogen-bond acceptors (Lipinski definition) is 10. The Morgan fingerprint density at radius 2 is 1.31 bits per heavy atom. The third-order valence-corrected chi connectivity index (χ3v) is 3.55. The van der Waals surface area contributed by atoms with E-state index in [4.69, 9.17) is 23.7 Å². The second-order valence-electron chi connectivity index (χ2n) is 6.06. The highest BCUT2D eigenvalue weighted by Crippen LogP contribution is 2.30. The average Bonchev–Trinajstić information content (AvgIpc) is 2.45. The highest BCUT2D eigenvalue weighted by Gasteiger charge is 2.52. The summed E-state index contributed by atoms with van der Waals surface area (Å²) in [6.45, 7) is 4.53. The molecule has 1 fully saturated rings. The van der Waals surface area contributed by atoms with Crippen molar-refractivity contribution in [3.63, 3.8) is 0 Å². The van der Waals surface area contributed by atoms with Gasteiger partial charge >= 0.3 is 23.9 Å². The van der Waals surface area contributed by atoms with Crippen LogP contribution in [0.2, 0.25) is 0 Å². The molecule has 1 aliphatic heterocycles. The molecule has 0 radical (unpaired) electrons. The molecule has 0 N–H and O–H groups in total. The number of esters is 4. The fraction of sp³-hybridized carbons (Fsp3) is 0.750. The van der Waals surface area contributed by atoms with Crippen LogP contribution in [0.4, 0.5) is 0 Å². The first-order valence-electron chi connectivity index (χ1n) is 7.99. The van der Waals surface area contributed by atoms with E-state index in [9.17, 15) is 19.2 Å². The summed E-state index contributed by atoms with van der Waals surface area (Å²) in [7, 11) is 3.33. The maximum absolute atomic E-state index is 11.6. The van der Waals surface area contributed by atoms with Gasteiger partial charge in [-0.1, -0.05) is 0 Å². The van der Waals surface area contributed by atoms with Crippen molar-refractivity contribution in [1.82, 2.24) is 4.90 Å². The molecule has 1 saturated heterocycles. The van der Waals surface area contributed by atoms with E-state index < -0.39 is 54.5 Å². The molecular formula is C16H25NO9. The highest BCUT2D eigenvalue weighted by molar-refractivity contribution is 5.68. The third kappa shape index (κ3) is 6.26. The van der Waals surface area contributed by atoms with Crippen molar-refractivity contribution in [1.29, 1.82) is 0 Å². The van der Waals surface area contributed by atoms with E-state index in [1.165, 1.54) is 27.7 Å². The first kappa shape index (κ1) is 21.8. The lowest BCUT2D eigenvalue weighted by Gasteiger charge is -2.46. The smallest absolute Gasteiger partial charge is 0.304 e. The SMILES string of the molecule is CC(=O)OC[C@H]1O[C@H](OC(C)=O)[C@H](N(C)C)[C@@H](OC(C)=O)[C@@H]1OC(C)=O. The molecule has 0 aromatic heterocycles. The molecule has 0 aromatic carbocycles. The van der Waals surface area contributed by atoms with Gasteiger partial charge in [0.1, 0.15) is 18.8 Å². The van der Waals surface area contributed by atoms with Gasteiger partial charge in [0.2, 0.25) is 6.29 Å². The van der Waals surface area contributed by atoms with Gasteiger partial charge in [-0.25, -0.2) is 0 Å². The minimum absolute atomic E-state index is 0.275. The molecule has 0 aliphatic carbocycles. The first-order valence-corrected chi connectivity index (χ1v) is 7.99. The van der Waals surface area contributed by atoms with Gasteiger partial charge in [-0.15, -0.1) is 0 Å². The van der Waals surface area contributed by atoms with Gasteiger partial charge in [0, 0.05) is 27.7 Å². The summed E-state index contributed by atoms with van der Waals surface area (Å²) >= 11 is 0. The summed E-state index contributed by atoms with van der Waals surface area (Å²) in [5.74, 6) is -2.43. The molecule has 148 valence electrons. The summed E-state index contributed by atoms with van der Waals surface area (Å²) in [6.07, 6.45) is -4.19. The van der Waals surface area contributed by atoms with Crippen LogP contribution < -0.4 is 0 Å². The normalized spacial score (nSPS) is 28.2. The van der Waals surface area contributed by atoms with Crippen molar-refractivity contribution in [3.8, 4) is 0 Å². The van der Waals surface area contributed by atoms with Crippen LogP contribution in [-0.4, -0.2) is 80.1 Å². The summed E-state index contributed by atoms with van der Waals surface area (Å²) in [5, 5.41) is 0. The van der Waals surface area contributed by atoms with E-state index in [2.05, 4.69) is 0 Å². The van der Waals surface area contributed by atoms with E-state index in [0.717, 1.165) is 0 Å². The lowest BCUT2D eigenvalue weighted by atomic mass is 9.95. The van der Waals surface area contributed by atoms with Gasteiger partial charge in [0.15, 0.2) is 12.2 Å². The van der Waals surface area contributed by atoms with Crippen LogP contribution >= 0.6 is 0 Å². The van der Waals surface area contributed by atoms with Gasteiger partial charge in [-0.3, -0.25) is 24.1 Å². The average molecular weight is 375 g/mol. The van der Waals surface area contributed by atoms with Crippen LogP contribution in [-0.2, 0) is 42.9 Å². The van der Waals surface area contributed by atoms with E-state index in [-0.39, 0.29) is 6.61 Å². The van der Waals surface area contributed by atoms with E-state index in [1.807, 2.05) is 0 Å². The van der Waals surface area contributed by atoms with Gasteiger partial charge in [-0.2, -0.15) is 0 Å². The largest absolute Gasteiger partial charge is 0.463 e. The Hall–Kier alpha value is -2.20. The van der Waals surface area contributed by atoms with Crippen LogP contribution in [0.1, 0.15) is 27.7 Å². The molecule has 1 heterocycles. The van der Waals surface area contributed by atoms with Crippen molar-refractivity contribution in [2.24, 2.45) is 0 Å². The van der Waals surface area contributed by atoms with Crippen molar-refractivity contribution in [3.05, 3.63) is 0 Å². The summed E-state index contributed by atoms with van der Waals surface area (Å²) in [4.78, 5) is 47.3. The molecular weight excluding hydrogens is 350 g/mol. The lowest BCUT2D eigenvalue weighted by molar-refractivity contribution is -0.282. The second kappa shape index (κ2) is 9.48. The van der Waals surface area contributed by atoms with Crippen LogP contribution in [0.3, 0.4) is 0 Å². The molecule has 0 aromatic rings. The molecule has 1 aliphatic rings. The van der Waals surface area contributed by atoms with Crippen molar-refractivity contribution >= 4 is 23.9 Å². The Bertz CT molecular complexity index is 548. The Morgan fingerprint density at radius 1 is 0.808 bits per heavy atom. The third-order valence-electron chi connectivity index (χ3n) is 3.55. The maximum Gasteiger partial charge on any atom is 0.304 e. The Labute approximate surface area is 151 Å². The number of hydrogen-bond donors (Lipinski definition) is 0. The molecule has 10 nitrogen and oxygen atoms in total. The van der Waals surface area contributed by atoms with Gasteiger partial charge in [0.25, 0.3) is 0 Å². The topological polar surface area (TPSA) is 118 Å². The predicted octanol–water partition coefficient (Wildman–Crippen LogP) is -0.369. The molecule has 10 heteroatoms. The zero-order chi connectivity index (χ0) is 20.0. The summed E-state index contributed by atoms with van der Waals surface area (Å²) < 4.78 is 26.5. The van der Waals surface area contributed by atoms with Crippen molar-refractivity contribution in [2.45, 2.75) is 58.3 Å². The monoisotopic (exact) mass is 375 g/mol. The minimum Gasteiger partial charge on any atom is -0.463 e. The quantitative estimate of drug-likeness (QED) is 0.449. The standard InChI is InChI=1S/C16H25NO9/c1-8(18)22-7-12-14(23-9(2)19)15(24-10(3)20)13(17(5)6)16(26-12)25-11(4)21/h12-16H,7H2,1-6H3/t12-,13-,14-,15-,16+/m1/s1. The van der Waals surface area contributed by atoms with Gasteiger partial charge < -0.3 is 23.7 Å². The van der Waals surface area contributed by atoms with Gasteiger partial charge in [0.05, 0.1) is 0 Å². The fourth-order valence-electron chi connectivity index (χ4n) is 2.69. The van der Waals surface area contributed by atoms with Crippen molar-refractivity contribution < 1.29 is 42.9 Å². The van der Waals surface area contributed by atoms with Crippen LogP contribution in [0.5, 0.6) is 0 Å². The zero-order valence-electron chi connectivity index (χ0n) is 15.7. The van der Waals surface area contributed by atoms with Crippen LogP contribution in [0.15, 0.2) is 0 Å². The number of carbonyl (C=O) groups is 4. The molecule has 0 unspecified atom stereocenters. The fourth-order valence-corrected chi connectivity index (χ4v) is 2.69. The number of carbonyl (C=O) groups excluding carboxylic acids is 4. The van der Waals surface area contributed by atoms with Crippen LogP contribution in [0.25, 0.3) is 0 Å². The first-order chi connectivity index (χ1) is 12.0. The van der Waals surface area contributed by atoms with E-state index >= 15 is 0 Å². The maximum atomic E-state index is 11.6. The van der Waals surface area contributed by atoms with E-state index in [1.54, 1.807) is 19.0 Å². The number of ether oxygens (including phenoxy) is 5. The Morgan fingerprint density at radius 3 is 1.73 bits per heavy atom. The zero-order valence-corrected chi connectivity index (χ0v) is 15.7. The Balaban J connectivity index is 3.26. The highest BCUT2D eigenvalue weighted by atomic mass is 16.7. The molecule has 5 atom stereocenters. The van der Waals surface area contributed by atoms with Crippen molar-refractivity contribution in [2.75, 3.05) is 20.7 Å². The molecule has 0 spiro atoms. The van der Waals surface area contributed by atoms with Gasteiger partial charge in [-0.05, 0) is 14.1 Å². The molecule has 1 rings (SSSR count).